The molecule has 0 aliphatic heterocycles. The quantitative estimate of drug-likeness (QED) is 0.781. The largest absolute Gasteiger partial charge is 0.396 e. The maximum Gasteiger partial charge on any atom is 0.253 e. The zero-order valence-electron chi connectivity index (χ0n) is 9.39. The molecule has 7 heteroatoms. The van der Waals surface area contributed by atoms with E-state index >= 15 is 0 Å². The van der Waals surface area contributed by atoms with Crippen molar-refractivity contribution in [2.24, 2.45) is 0 Å². The number of anilines is 1. The van der Waals surface area contributed by atoms with E-state index in [0.717, 1.165) is 0 Å². The Morgan fingerprint density at radius 2 is 2.33 bits per heavy atom. The van der Waals surface area contributed by atoms with E-state index in [0.29, 0.717) is 18.8 Å². The van der Waals surface area contributed by atoms with Crippen molar-refractivity contribution >= 4 is 11.6 Å². The lowest BCUT2D eigenvalue weighted by atomic mass is 10.1. The van der Waals surface area contributed by atoms with E-state index in [1.165, 1.54) is 24.6 Å². The molecule has 1 heterocycles. The van der Waals surface area contributed by atoms with Crippen LogP contribution in [0.2, 0.25) is 0 Å². The van der Waals surface area contributed by atoms with E-state index < -0.39 is 11.7 Å². The average Bonchev–Trinajstić information content (AvgIpc) is 2.85. The first-order valence-corrected chi connectivity index (χ1v) is 5.26. The second kappa shape index (κ2) is 5.26. The molecule has 2 rings (SSSR count). The number of nitrogens with two attached hydrogens (primary N) is 1. The highest BCUT2D eigenvalue weighted by Gasteiger charge is 2.12. The number of carbonyl (C=O) groups is 1. The Kier molecular flexibility index (Phi) is 3.52. The van der Waals surface area contributed by atoms with Gasteiger partial charge in [0.2, 0.25) is 6.39 Å². The van der Waals surface area contributed by atoms with Gasteiger partial charge >= 0.3 is 0 Å². The molecule has 2 aromatic rings. The molecule has 0 aliphatic rings. The highest BCUT2D eigenvalue weighted by atomic mass is 19.1. The monoisotopic (exact) mass is 250 g/mol. The van der Waals surface area contributed by atoms with Crippen molar-refractivity contribution in [3.8, 4) is 0 Å². The molecule has 94 valence electrons. The average molecular weight is 250 g/mol. The number of nitrogens with zero attached hydrogens (tertiary/aromatic N) is 2. The number of nitrogens with one attached hydrogen (secondary N) is 1. The molecule has 1 aromatic heterocycles. The Hall–Kier alpha value is -2.44. The number of carbonyl (C=O) groups excluding carboxylic acids is 1. The molecule has 1 aromatic carbocycles. The van der Waals surface area contributed by atoms with Crippen molar-refractivity contribution in [1.82, 2.24) is 15.5 Å². The van der Waals surface area contributed by atoms with Crippen molar-refractivity contribution in [2.45, 2.75) is 6.42 Å². The van der Waals surface area contributed by atoms with Crippen molar-refractivity contribution in [3.05, 3.63) is 41.8 Å². The third-order valence-electron chi connectivity index (χ3n) is 2.34. The van der Waals surface area contributed by atoms with Crippen molar-refractivity contribution in [1.29, 1.82) is 0 Å². The first kappa shape index (κ1) is 12.0. The number of aromatic nitrogens is 2. The molecule has 0 unspecified atom stereocenters. The predicted molar refractivity (Wildman–Crippen MR) is 61.1 cm³/mol. The lowest BCUT2D eigenvalue weighted by molar-refractivity contribution is 0.0954. The number of halogens is 1. The van der Waals surface area contributed by atoms with Gasteiger partial charge in [-0.05, 0) is 12.1 Å². The van der Waals surface area contributed by atoms with Gasteiger partial charge in [0.25, 0.3) is 5.91 Å². The number of rotatable bonds is 4. The smallest absolute Gasteiger partial charge is 0.253 e. The molecule has 0 saturated heterocycles. The SMILES string of the molecule is Nc1c(F)cccc1C(=O)NCCc1ncon1. The summed E-state index contributed by atoms with van der Waals surface area (Å²) in [5.74, 6) is -0.557. The van der Waals surface area contributed by atoms with Crippen LogP contribution in [0.3, 0.4) is 0 Å². The summed E-state index contributed by atoms with van der Waals surface area (Å²) in [7, 11) is 0. The van der Waals surface area contributed by atoms with E-state index in [4.69, 9.17) is 5.73 Å². The Morgan fingerprint density at radius 3 is 3.06 bits per heavy atom. The van der Waals surface area contributed by atoms with Crippen LogP contribution >= 0.6 is 0 Å². The van der Waals surface area contributed by atoms with E-state index in [1.807, 2.05) is 0 Å². The van der Waals surface area contributed by atoms with Gasteiger partial charge in [0.15, 0.2) is 5.82 Å². The minimum absolute atomic E-state index is 0.114. The molecular weight excluding hydrogens is 239 g/mol. The van der Waals surface area contributed by atoms with E-state index in [2.05, 4.69) is 20.0 Å². The molecule has 18 heavy (non-hydrogen) atoms. The maximum atomic E-state index is 13.1. The zero-order valence-corrected chi connectivity index (χ0v) is 9.39. The van der Waals surface area contributed by atoms with Crippen LogP contribution in [0.4, 0.5) is 10.1 Å². The molecule has 0 radical (unpaired) electrons. The number of para-hydroxylation sites is 1. The Morgan fingerprint density at radius 1 is 1.50 bits per heavy atom. The summed E-state index contributed by atoms with van der Waals surface area (Å²) in [5.41, 5.74) is 5.43. The first-order valence-electron chi connectivity index (χ1n) is 5.26. The molecule has 0 aliphatic carbocycles. The highest BCUT2D eigenvalue weighted by Crippen LogP contribution is 2.15. The number of benzene rings is 1. The fraction of sp³-hybridized carbons (Fsp3) is 0.182. The molecule has 1 amide bonds. The van der Waals surface area contributed by atoms with Gasteiger partial charge in [-0.1, -0.05) is 11.2 Å². The highest BCUT2D eigenvalue weighted by molar-refractivity contribution is 5.99. The van der Waals surface area contributed by atoms with Gasteiger partial charge < -0.3 is 15.6 Å². The van der Waals surface area contributed by atoms with Crippen LogP contribution in [-0.2, 0) is 6.42 Å². The fourth-order valence-corrected chi connectivity index (χ4v) is 1.42. The van der Waals surface area contributed by atoms with Crippen molar-refractivity contribution in [3.63, 3.8) is 0 Å². The standard InChI is InChI=1S/C11H11FN4O2/c12-8-3-1-2-7(10(8)13)11(17)14-5-4-9-15-6-18-16-9/h1-3,6H,4-5,13H2,(H,14,17). The molecule has 0 saturated carbocycles. The molecular formula is C11H11FN4O2. The van der Waals surface area contributed by atoms with Crippen LogP contribution in [0, 0.1) is 5.82 Å². The maximum absolute atomic E-state index is 13.1. The number of hydrogen-bond donors (Lipinski definition) is 2. The fourth-order valence-electron chi connectivity index (χ4n) is 1.42. The van der Waals surface area contributed by atoms with Gasteiger partial charge in [-0.15, -0.1) is 0 Å². The predicted octanol–water partition coefficient (Wildman–Crippen LogP) is 0.763. The van der Waals surface area contributed by atoms with E-state index in [-0.39, 0.29) is 11.3 Å². The normalized spacial score (nSPS) is 10.3. The summed E-state index contributed by atoms with van der Waals surface area (Å²) >= 11 is 0. The van der Waals surface area contributed by atoms with Gasteiger partial charge in [0.1, 0.15) is 5.82 Å². The molecule has 0 bridgehead atoms. The topological polar surface area (TPSA) is 94.0 Å². The van der Waals surface area contributed by atoms with Crippen LogP contribution in [-0.4, -0.2) is 22.6 Å². The van der Waals surface area contributed by atoms with Crippen LogP contribution in [0.5, 0.6) is 0 Å². The third kappa shape index (κ3) is 2.62. The molecule has 0 fully saturated rings. The van der Waals surface area contributed by atoms with Crippen molar-refractivity contribution < 1.29 is 13.7 Å². The first-order chi connectivity index (χ1) is 8.68. The Bertz CT molecular complexity index is 542. The second-order valence-corrected chi connectivity index (χ2v) is 3.55. The summed E-state index contributed by atoms with van der Waals surface area (Å²) < 4.78 is 17.7. The number of hydrogen-bond acceptors (Lipinski definition) is 5. The van der Waals surface area contributed by atoms with Crippen LogP contribution < -0.4 is 11.1 Å². The lowest BCUT2D eigenvalue weighted by Crippen LogP contribution is -2.27. The lowest BCUT2D eigenvalue weighted by Gasteiger charge is -2.06. The van der Waals surface area contributed by atoms with Crippen LogP contribution in [0.25, 0.3) is 0 Å². The number of amides is 1. The summed E-state index contributed by atoms with van der Waals surface area (Å²) in [6.07, 6.45) is 1.64. The number of nitrogen functional groups attached to an aromatic ring is 1. The Labute approximate surface area is 102 Å². The summed E-state index contributed by atoms with van der Waals surface area (Å²) in [6.45, 7) is 0.314. The van der Waals surface area contributed by atoms with Crippen LogP contribution in [0.15, 0.2) is 29.1 Å². The summed E-state index contributed by atoms with van der Waals surface area (Å²) in [5, 5.41) is 6.19. The minimum Gasteiger partial charge on any atom is -0.396 e. The van der Waals surface area contributed by atoms with Gasteiger partial charge in [0, 0.05) is 13.0 Å². The molecule has 3 N–H and O–H groups in total. The Balaban J connectivity index is 1.93. The minimum atomic E-state index is -0.610. The second-order valence-electron chi connectivity index (χ2n) is 3.55. The molecule has 6 nitrogen and oxygen atoms in total. The zero-order chi connectivity index (χ0) is 13.0. The van der Waals surface area contributed by atoms with E-state index in [9.17, 15) is 9.18 Å². The van der Waals surface area contributed by atoms with Gasteiger partial charge in [-0.25, -0.2) is 4.39 Å². The van der Waals surface area contributed by atoms with Gasteiger partial charge in [0.05, 0.1) is 11.3 Å². The van der Waals surface area contributed by atoms with Gasteiger partial charge in [-0.2, -0.15) is 4.98 Å². The van der Waals surface area contributed by atoms with Gasteiger partial charge in [-0.3, -0.25) is 4.79 Å². The molecule has 0 atom stereocenters. The molecule has 0 spiro atoms. The summed E-state index contributed by atoms with van der Waals surface area (Å²) in [6, 6.07) is 4.09. The third-order valence-corrected chi connectivity index (χ3v) is 2.34. The van der Waals surface area contributed by atoms with Crippen LogP contribution in [0.1, 0.15) is 16.2 Å². The van der Waals surface area contributed by atoms with E-state index in [1.54, 1.807) is 0 Å². The summed E-state index contributed by atoms with van der Waals surface area (Å²) in [4.78, 5) is 15.5. The van der Waals surface area contributed by atoms with Crippen molar-refractivity contribution in [2.75, 3.05) is 12.3 Å².